The summed E-state index contributed by atoms with van der Waals surface area (Å²) in [6.07, 6.45) is 0. The molecular formula is C14H9BrF3NO. The van der Waals surface area contributed by atoms with E-state index < -0.39 is 28.9 Å². The Labute approximate surface area is 121 Å². The van der Waals surface area contributed by atoms with Gasteiger partial charge in [0.2, 0.25) is 0 Å². The van der Waals surface area contributed by atoms with Crippen LogP contribution in [-0.2, 0) is 0 Å². The molecule has 1 amide bonds. The maximum atomic E-state index is 13.6. The topological polar surface area (TPSA) is 29.1 Å². The van der Waals surface area contributed by atoms with Crippen LogP contribution >= 0.6 is 15.9 Å². The molecule has 0 fully saturated rings. The fourth-order valence-electron chi connectivity index (χ4n) is 1.68. The molecule has 0 bridgehead atoms. The van der Waals surface area contributed by atoms with Crippen molar-refractivity contribution in [1.29, 1.82) is 0 Å². The van der Waals surface area contributed by atoms with Crippen LogP contribution in [0.5, 0.6) is 0 Å². The lowest BCUT2D eigenvalue weighted by molar-refractivity contribution is 0.101. The molecule has 2 aromatic carbocycles. The Bertz CT molecular complexity index is 665. The summed E-state index contributed by atoms with van der Waals surface area (Å²) in [7, 11) is 0. The Morgan fingerprint density at radius 2 is 1.65 bits per heavy atom. The maximum Gasteiger partial charge on any atom is 0.261 e. The highest BCUT2D eigenvalue weighted by molar-refractivity contribution is 9.10. The van der Waals surface area contributed by atoms with Gasteiger partial charge in [0.25, 0.3) is 5.91 Å². The molecule has 0 aliphatic rings. The average molecular weight is 344 g/mol. The van der Waals surface area contributed by atoms with Gasteiger partial charge in [0, 0.05) is 4.47 Å². The van der Waals surface area contributed by atoms with Crippen molar-refractivity contribution in [2.45, 2.75) is 6.92 Å². The van der Waals surface area contributed by atoms with Crippen LogP contribution in [0.2, 0.25) is 0 Å². The number of anilines is 1. The Balaban J connectivity index is 2.36. The number of hydrogen-bond donors (Lipinski definition) is 1. The fraction of sp³-hybridized carbons (Fsp3) is 0.0714. The zero-order chi connectivity index (χ0) is 14.9. The smallest absolute Gasteiger partial charge is 0.261 e. The number of hydrogen-bond acceptors (Lipinski definition) is 1. The van der Waals surface area contributed by atoms with Gasteiger partial charge in [-0.05, 0) is 36.8 Å². The lowest BCUT2D eigenvalue weighted by Gasteiger charge is -2.09. The molecule has 0 aliphatic carbocycles. The first-order valence-electron chi connectivity index (χ1n) is 5.60. The molecule has 104 valence electrons. The Hall–Kier alpha value is -1.82. The van der Waals surface area contributed by atoms with Crippen LogP contribution in [0.15, 0.2) is 34.8 Å². The van der Waals surface area contributed by atoms with Gasteiger partial charge in [-0.1, -0.05) is 22.0 Å². The minimum atomic E-state index is -1.04. The second kappa shape index (κ2) is 5.66. The number of rotatable bonds is 2. The fourth-order valence-corrected chi connectivity index (χ4v) is 2.08. The quantitative estimate of drug-likeness (QED) is 0.858. The molecule has 1 N–H and O–H groups in total. The first-order valence-corrected chi connectivity index (χ1v) is 6.40. The molecule has 0 saturated heterocycles. The van der Waals surface area contributed by atoms with E-state index in [1.165, 1.54) is 18.2 Å². The van der Waals surface area contributed by atoms with E-state index in [0.717, 1.165) is 12.1 Å². The van der Waals surface area contributed by atoms with Gasteiger partial charge in [-0.2, -0.15) is 0 Å². The van der Waals surface area contributed by atoms with Crippen LogP contribution in [0, 0.1) is 24.4 Å². The highest BCUT2D eigenvalue weighted by Gasteiger charge is 2.19. The summed E-state index contributed by atoms with van der Waals surface area (Å²) in [5.74, 6) is -3.77. The predicted octanol–water partition coefficient (Wildman–Crippen LogP) is 4.43. The second-order valence-electron chi connectivity index (χ2n) is 4.18. The number of benzene rings is 2. The minimum absolute atomic E-state index is 0.128. The summed E-state index contributed by atoms with van der Waals surface area (Å²) in [4.78, 5) is 11.9. The van der Waals surface area contributed by atoms with E-state index in [1.807, 2.05) is 0 Å². The van der Waals surface area contributed by atoms with Crippen molar-refractivity contribution in [2.75, 3.05) is 5.32 Å². The minimum Gasteiger partial charge on any atom is -0.319 e. The molecule has 0 radical (unpaired) electrons. The van der Waals surface area contributed by atoms with Crippen molar-refractivity contribution in [3.8, 4) is 0 Å². The standard InChI is InChI=1S/C14H9BrF3NO/c1-7-2-3-9(16)12(4-7)19-14(20)13-10(17)5-8(15)6-11(13)18/h2-6H,1H3,(H,19,20). The van der Waals surface area contributed by atoms with Gasteiger partial charge >= 0.3 is 0 Å². The summed E-state index contributed by atoms with van der Waals surface area (Å²) in [5.41, 5.74) is -0.177. The third-order valence-electron chi connectivity index (χ3n) is 2.60. The van der Waals surface area contributed by atoms with Gasteiger partial charge in [-0.3, -0.25) is 4.79 Å². The maximum absolute atomic E-state index is 13.6. The van der Waals surface area contributed by atoms with E-state index in [1.54, 1.807) is 6.92 Å². The van der Waals surface area contributed by atoms with E-state index in [0.29, 0.717) is 5.56 Å². The summed E-state index contributed by atoms with van der Waals surface area (Å²) in [5, 5.41) is 2.16. The highest BCUT2D eigenvalue weighted by atomic mass is 79.9. The summed E-state index contributed by atoms with van der Waals surface area (Å²) in [6.45, 7) is 1.70. The molecule has 0 aliphatic heterocycles. The molecule has 2 rings (SSSR count). The lowest BCUT2D eigenvalue weighted by Crippen LogP contribution is -2.17. The Morgan fingerprint density at radius 3 is 2.25 bits per heavy atom. The summed E-state index contributed by atoms with van der Waals surface area (Å²) < 4.78 is 40.9. The van der Waals surface area contributed by atoms with E-state index in [9.17, 15) is 18.0 Å². The van der Waals surface area contributed by atoms with Crippen LogP contribution in [0.3, 0.4) is 0 Å². The van der Waals surface area contributed by atoms with Crippen LogP contribution < -0.4 is 5.32 Å². The molecule has 0 aromatic heterocycles. The van der Waals surface area contributed by atoms with Crippen LogP contribution in [0.4, 0.5) is 18.9 Å². The van der Waals surface area contributed by atoms with Gasteiger partial charge in [-0.15, -0.1) is 0 Å². The number of halogens is 4. The van der Waals surface area contributed by atoms with Crippen molar-refractivity contribution in [2.24, 2.45) is 0 Å². The van der Waals surface area contributed by atoms with Crippen molar-refractivity contribution in [1.82, 2.24) is 0 Å². The van der Waals surface area contributed by atoms with E-state index in [-0.39, 0.29) is 10.2 Å². The molecule has 0 spiro atoms. The summed E-state index contributed by atoms with van der Waals surface area (Å²) >= 11 is 2.91. The number of aryl methyl sites for hydroxylation is 1. The van der Waals surface area contributed by atoms with Crippen molar-refractivity contribution >= 4 is 27.5 Å². The molecule has 6 heteroatoms. The molecule has 2 aromatic rings. The Morgan fingerprint density at radius 1 is 1.05 bits per heavy atom. The van der Waals surface area contributed by atoms with Gasteiger partial charge in [0.15, 0.2) is 0 Å². The number of amides is 1. The van der Waals surface area contributed by atoms with Crippen LogP contribution in [0.25, 0.3) is 0 Å². The summed E-state index contributed by atoms with van der Waals surface area (Å²) in [6, 6.07) is 5.99. The third-order valence-corrected chi connectivity index (χ3v) is 3.06. The van der Waals surface area contributed by atoms with Gasteiger partial charge in [0.1, 0.15) is 23.0 Å². The van der Waals surface area contributed by atoms with Crippen LogP contribution in [0.1, 0.15) is 15.9 Å². The Kier molecular flexibility index (Phi) is 4.13. The highest BCUT2D eigenvalue weighted by Crippen LogP contribution is 2.22. The molecule has 0 unspecified atom stereocenters. The van der Waals surface area contributed by atoms with E-state index in [4.69, 9.17) is 0 Å². The second-order valence-corrected chi connectivity index (χ2v) is 5.10. The zero-order valence-corrected chi connectivity index (χ0v) is 11.9. The van der Waals surface area contributed by atoms with Crippen molar-refractivity contribution in [3.05, 3.63) is 63.4 Å². The molecule has 0 heterocycles. The monoisotopic (exact) mass is 343 g/mol. The zero-order valence-electron chi connectivity index (χ0n) is 10.3. The van der Waals surface area contributed by atoms with E-state index >= 15 is 0 Å². The van der Waals surface area contributed by atoms with E-state index in [2.05, 4.69) is 21.2 Å². The number of carbonyl (C=O) groups is 1. The predicted molar refractivity (Wildman–Crippen MR) is 73.1 cm³/mol. The first kappa shape index (κ1) is 14.6. The van der Waals surface area contributed by atoms with Gasteiger partial charge in [-0.25, -0.2) is 13.2 Å². The number of carbonyl (C=O) groups excluding carboxylic acids is 1. The average Bonchev–Trinajstić information content (AvgIpc) is 2.32. The molecule has 20 heavy (non-hydrogen) atoms. The van der Waals surface area contributed by atoms with Crippen molar-refractivity contribution < 1.29 is 18.0 Å². The lowest BCUT2D eigenvalue weighted by atomic mass is 10.1. The third kappa shape index (κ3) is 3.01. The molecule has 0 atom stereocenters. The van der Waals surface area contributed by atoms with Crippen molar-refractivity contribution in [3.63, 3.8) is 0 Å². The van der Waals surface area contributed by atoms with Gasteiger partial charge in [0.05, 0.1) is 5.69 Å². The van der Waals surface area contributed by atoms with Crippen LogP contribution in [-0.4, -0.2) is 5.91 Å². The molecule has 0 saturated carbocycles. The SMILES string of the molecule is Cc1ccc(F)c(NC(=O)c2c(F)cc(Br)cc2F)c1. The first-order chi connectivity index (χ1) is 9.38. The number of nitrogens with one attached hydrogen (secondary N) is 1. The van der Waals surface area contributed by atoms with Gasteiger partial charge < -0.3 is 5.32 Å². The largest absolute Gasteiger partial charge is 0.319 e. The normalized spacial score (nSPS) is 10.4. The molecule has 2 nitrogen and oxygen atoms in total. The molecular weight excluding hydrogens is 335 g/mol.